The number of anilines is 1. The van der Waals surface area contributed by atoms with Crippen LogP contribution in [0.25, 0.3) is 0 Å². The molecule has 1 unspecified atom stereocenters. The van der Waals surface area contributed by atoms with Gasteiger partial charge in [-0.2, -0.15) is 0 Å². The normalized spacial score (nSPS) is 11.8. The molecule has 4 nitrogen and oxygen atoms in total. The van der Waals surface area contributed by atoms with Gasteiger partial charge < -0.3 is 14.8 Å². The standard InChI is InChI=1S/C16H20N2O2/c1-11-5-6-13(10-17-11)18-12(2)15-9-14(19-3)7-8-16(15)20-4/h5-10,12,18H,1-4H3. The minimum absolute atomic E-state index is 0.0876. The molecular weight excluding hydrogens is 252 g/mol. The third-order valence-electron chi connectivity index (χ3n) is 3.20. The summed E-state index contributed by atoms with van der Waals surface area (Å²) in [4.78, 5) is 4.28. The Labute approximate surface area is 119 Å². The highest BCUT2D eigenvalue weighted by Crippen LogP contribution is 2.31. The molecule has 0 radical (unpaired) electrons. The fourth-order valence-corrected chi connectivity index (χ4v) is 2.06. The number of hydrogen-bond acceptors (Lipinski definition) is 4. The summed E-state index contributed by atoms with van der Waals surface area (Å²) in [6.07, 6.45) is 1.83. The summed E-state index contributed by atoms with van der Waals surface area (Å²) in [5, 5.41) is 3.41. The number of aromatic nitrogens is 1. The second-order valence-corrected chi connectivity index (χ2v) is 4.66. The maximum absolute atomic E-state index is 5.41. The first-order valence-electron chi connectivity index (χ1n) is 6.55. The average molecular weight is 272 g/mol. The van der Waals surface area contributed by atoms with Crippen LogP contribution in [0.1, 0.15) is 24.2 Å². The molecule has 0 spiro atoms. The van der Waals surface area contributed by atoms with Crippen molar-refractivity contribution in [2.75, 3.05) is 19.5 Å². The predicted octanol–water partition coefficient (Wildman–Crippen LogP) is 3.58. The van der Waals surface area contributed by atoms with Crippen LogP contribution in [0.3, 0.4) is 0 Å². The predicted molar refractivity (Wildman–Crippen MR) is 80.6 cm³/mol. The molecule has 106 valence electrons. The molecule has 1 aromatic carbocycles. The molecule has 0 fully saturated rings. The molecule has 0 amide bonds. The van der Waals surface area contributed by atoms with Crippen molar-refractivity contribution in [2.45, 2.75) is 19.9 Å². The topological polar surface area (TPSA) is 43.4 Å². The molecule has 1 atom stereocenters. The van der Waals surface area contributed by atoms with Crippen LogP contribution in [0.2, 0.25) is 0 Å². The van der Waals surface area contributed by atoms with Crippen LogP contribution in [-0.2, 0) is 0 Å². The largest absolute Gasteiger partial charge is 0.497 e. The summed E-state index contributed by atoms with van der Waals surface area (Å²) in [7, 11) is 3.33. The molecule has 4 heteroatoms. The zero-order valence-electron chi connectivity index (χ0n) is 12.3. The Morgan fingerprint density at radius 3 is 2.50 bits per heavy atom. The van der Waals surface area contributed by atoms with Crippen molar-refractivity contribution in [3.8, 4) is 11.5 Å². The van der Waals surface area contributed by atoms with Gasteiger partial charge in [-0.1, -0.05) is 0 Å². The average Bonchev–Trinajstić information content (AvgIpc) is 2.48. The number of ether oxygens (including phenoxy) is 2. The molecule has 1 aromatic heterocycles. The molecule has 0 saturated carbocycles. The number of pyridine rings is 1. The van der Waals surface area contributed by atoms with E-state index in [2.05, 4.69) is 17.2 Å². The van der Waals surface area contributed by atoms with Gasteiger partial charge in [0.25, 0.3) is 0 Å². The van der Waals surface area contributed by atoms with Gasteiger partial charge in [-0.05, 0) is 44.2 Å². The number of aryl methyl sites for hydroxylation is 1. The van der Waals surface area contributed by atoms with Crippen LogP contribution in [0.4, 0.5) is 5.69 Å². The maximum atomic E-state index is 5.41. The first-order valence-corrected chi connectivity index (χ1v) is 6.55. The lowest BCUT2D eigenvalue weighted by molar-refractivity contribution is 0.397. The summed E-state index contributed by atoms with van der Waals surface area (Å²) in [6.45, 7) is 4.05. The number of nitrogens with one attached hydrogen (secondary N) is 1. The van der Waals surface area contributed by atoms with Crippen molar-refractivity contribution >= 4 is 5.69 Å². The van der Waals surface area contributed by atoms with E-state index >= 15 is 0 Å². The van der Waals surface area contributed by atoms with E-state index in [0.29, 0.717) is 0 Å². The van der Waals surface area contributed by atoms with Crippen molar-refractivity contribution in [1.29, 1.82) is 0 Å². The van der Waals surface area contributed by atoms with E-state index in [0.717, 1.165) is 28.4 Å². The molecule has 1 N–H and O–H groups in total. The maximum Gasteiger partial charge on any atom is 0.124 e. The Hall–Kier alpha value is -2.23. The monoisotopic (exact) mass is 272 g/mol. The van der Waals surface area contributed by atoms with E-state index in [1.54, 1.807) is 14.2 Å². The molecule has 0 aliphatic carbocycles. The lowest BCUT2D eigenvalue weighted by Crippen LogP contribution is -2.08. The van der Waals surface area contributed by atoms with E-state index in [1.165, 1.54) is 0 Å². The van der Waals surface area contributed by atoms with Crippen LogP contribution in [-0.4, -0.2) is 19.2 Å². The van der Waals surface area contributed by atoms with Crippen LogP contribution in [0.5, 0.6) is 11.5 Å². The second-order valence-electron chi connectivity index (χ2n) is 4.66. The zero-order valence-corrected chi connectivity index (χ0v) is 12.3. The first-order chi connectivity index (χ1) is 9.63. The van der Waals surface area contributed by atoms with Gasteiger partial charge in [-0.15, -0.1) is 0 Å². The fraction of sp³-hybridized carbons (Fsp3) is 0.312. The summed E-state index contributed by atoms with van der Waals surface area (Å²) >= 11 is 0. The van der Waals surface area contributed by atoms with Gasteiger partial charge in [0, 0.05) is 11.3 Å². The highest BCUT2D eigenvalue weighted by atomic mass is 16.5. The Morgan fingerprint density at radius 2 is 1.90 bits per heavy atom. The van der Waals surface area contributed by atoms with Crippen molar-refractivity contribution in [1.82, 2.24) is 4.98 Å². The van der Waals surface area contributed by atoms with Gasteiger partial charge in [0.2, 0.25) is 0 Å². The van der Waals surface area contributed by atoms with Crippen LogP contribution < -0.4 is 14.8 Å². The minimum Gasteiger partial charge on any atom is -0.497 e. The van der Waals surface area contributed by atoms with Crippen LogP contribution >= 0.6 is 0 Å². The Balaban J connectivity index is 2.23. The lowest BCUT2D eigenvalue weighted by atomic mass is 10.1. The third-order valence-corrected chi connectivity index (χ3v) is 3.20. The van der Waals surface area contributed by atoms with Gasteiger partial charge in [-0.3, -0.25) is 4.98 Å². The van der Waals surface area contributed by atoms with Crippen molar-refractivity contribution in [2.24, 2.45) is 0 Å². The van der Waals surface area contributed by atoms with E-state index in [1.807, 2.05) is 43.5 Å². The van der Waals surface area contributed by atoms with E-state index < -0.39 is 0 Å². The van der Waals surface area contributed by atoms with Crippen LogP contribution in [0.15, 0.2) is 36.5 Å². The summed E-state index contributed by atoms with van der Waals surface area (Å²) in [6, 6.07) is 9.88. The summed E-state index contributed by atoms with van der Waals surface area (Å²) < 4.78 is 10.7. The molecule has 0 saturated heterocycles. The molecule has 20 heavy (non-hydrogen) atoms. The van der Waals surface area contributed by atoms with Gasteiger partial charge in [0.1, 0.15) is 11.5 Å². The van der Waals surface area contributed by atoms with E-state index in [-0.39, 0.29) is 6.04 Å². The van der Waals surface area contributed by atoms with E-state index in [9.17, 15) is 0 Å². The van der Waals surface area contributed by atoms with Gasteiger partial charge in [-0.25, -0.2) is 0 Å². The molecule has 2 rings (SSSR count). The van der Waals surface area contributed by atoms with Crippen molar-refractivity contribution in [3.63, 3.8) is 0 Å². The number of methoxy groups -OCH3 is 2. The molecule has 0 bridgehead atoms. The van der Waals surface area contributed by atoms with Gasteiger partial charge in [0.15, 0.2) is 0 Å². The highest BCUT2D eigenvalue weighted by Gasteiger charge is 2.12. The number of benzene rings is 1. The number of hydrogen-bond donors (Lipinski definition) is 1. The van der Waals surface area contributed by atoms with Crippen molar-refractivity contribution in [3.05, 3.63) is 47.8 Å². The van der Waals surface area contributed by atoms with Gasteiger partial charge >= 0.3 is 0 Å². The van der Waals surface area contributed by atoms with E-state index in [4.69, 9.17) is 9.47 Å². The molecule has 1 heterocycles. The fourth-order valence-electron chi connectivity index (χ4n) is 2.06. The van der Waals surface area contributed by atoms with Crippen LogP contribution in [0, 0.1) is 6.92 Å². The van der Waals surface area contributed by atoms with Crippen molar-refractivity contribution < 1.29 is 9.47 Å². The smallest absolute Gasteiger partial charge is 0.124 e. The molecule has 2 aromatic rings. The molecular formula is C16H20N2O2. The third kappa shape index (κ3) is 3.20. The Morgan fingerprint density at radius 1 is 1.10 bits per heavy atom. The number of nitrogens with zero attached hydrogens (tertiary/aromatic N) is 1. The highest BCUT2D eigenvalue weighted by molar-refractivity contribution is 5.48. The first kappa shape index (κ1) is 14.2. The minimum atomic E-state index is 0.0876. The Bertz CT molecular complexity index is 567. The SMILES string of the molecule is COc1ccc(OC)c(C(C)Nc2ccc(C)nc2)c1. The Kier molecular flexibility index (Phi) is 4.45. The lowest BCUT2D eigenvalue weighted by Gasteiger charge is -2.19. The number of rotatable bonds is 5. The summed E-state index contributed by atoms with van der Waals surface area (Å²) in [5.41, 5.74) is 3.03. The zero-order chi connectivity index (χ0) is 14.5. The second kappa shape index (κ2) is 6.28. The quantitative estimate of drug-likeness (QED) is 0.903. The van der Waals surface area contributed by atoms with Gasteiger partial charge in [0.05, 0.1) is 32.1 Å². The molecule has 0 aliphatic rings. The summed E-state index contributed by atoms with van der Waals surface area (Å²) in [5.74, 6) is 1.65. The molecule has 0 aliphatic heterocycles.